The van der Waals surface area contributed by atoms with Gasteiger partial charge in [0.1, 0.15) is 36.5 Å². The fraction of sp³-hybridized carbons (Fsp3) is 0.415. The summed E-state index contributed by atoms with van der Waals surface area (Å²) in [4.78, 5) is 9.16. The maximum absolute atomic E-state index is 9.31. The highest BCUT2D eigenvalue weighted by atomic mass is 35.5. The molecule has 9 heteroatoms. The number of hydrogen-bond acceptors (Lipinski definition) is 7. The van der Waals surface area contributed by atoms with Gasteiger partial charge in [-0.15, -0.1) is 0 Å². The molecule has 2 fully saturated rings. The Bertz CT molecular complexity index is 1780. The molecule has 1 aromatic heterocycles. The van der Waals surface area contributed by atoms with E-state index >= 15 is 0 Å². The quantitative estimate of drug-likeness (QED) is 0.121. The van der Waals surface area contributed by atoms with Crippen LogP contribution in [0.1, 0.15) is 72.8 Å². The Morgan fingerprint density at radius 3 is 2.24 bits per heavy atom. The van der Waals surface area contributed by atoms with Gasteiger partial charge in [0.25, 0.3) is 0 Å². The second-order valence-corrected chi connectivity index (χ2v) is 14.1. The molecule has 2 aliphatic rings. The SMILES string of the molecule is Cc1c(OCCCN2CCCCC2)cccc1-c1cccc(COc2cc(OCc3cncc(C#N)c3)c(CN3CCCCC3)cc2Cl)c1Cl. The molecule has 0 radical (unpaired) electrons. The van der Waals surface area contributed by atoms with E-state index < -0.39 is 0 Å². The van der Waals surface area contributed by atoms with Gasteiger partial charge in [0.2, 0.25) is 0 Å². The molecule has 3 aromatic carbocycles. The minimum absolute atomic E-state index is 0.233. The van der Waals surface area contributed by atoms with Crippen LogP contribution in [0.2, 0.25) is 10.0 Å². The van der Waals surface area contributed by atoms with E-state index in [4.69, 9.17) is 37.4 Å². The zero-order chi connectivity index (χ0) is 34.7. The fourth-order valence-electron chi connectivity index (χ4n) is 6.86. The molecule has 0 amide bonds. The summed E-state index contributed by atoms with van der Waals surface area (Å²) in [6, 6.07) is 19.9. The van der Waals surface area contributed by atoms with Crippen LogP contribution in [0.5, 0.6) is 17.2 Å². The number of aromatic nitrogens is 1. The zero-order valence-electron chi connectivity index (χ0n) is 28.9. The largest absolute Gasteiger partial charge is 0.493 e. The molecular weight excluding hydrogens is 667 g/mol. The third-order valence-corrected chi connectivity index (χ3v) is 10.4. The molecule has 3 heterocycles. The molecule has 0 unspecified atom stereocenters. The number of pyridine rings is 1. The first-order valence-electron chi connectivity index (χ1n) is 17.9. The molecule has 7 nitrogen and oxygen atoms in total. The minimum Gasteiger partial charge on any atom is -0.493 e. The molecular formula is C41H46Cl2N4O3. The maximum atomic E-state index is 9.31. The molecule has 50 heavy (non-hydrogen) atoms. The molecule has 0 saturated carbocycles. The van der Waals surface area contributed by atoms with Gasteiger partial charge in [-0.1, -0.05) is 66.4 Å². The molecule has 262 valence electrons. The number of ether oxygens (including phenoxy) is 3. The number of hydrogen-bond donors (Lipinski definition) is 0. The third kappa shape index (κ3) is 9.50. The lowest BCUT2D eigenvalue weighted by Crippen LogP contribution is -2.31. The van der Waals surface area contributed by atoms with Gasteiger partial charge in [-0.25, -0.2) is 0 Å². The van der Waals surface area contributed by atoms with Gasteiger partial charge in [0.05, 0.1) is 22.2 Å². The Hall–Kier alpha value is -3.80. The van der Waals surface area contributed by atoms with Gasteiger partial charge >= 0.3 is 0 Å². The average Bonchev–Trinajstić information content (AvgIpc) is 3.15. The highest BCUT2D eigenvalue weighted by Gasteiger charge is 2.19. The van der Waals surface area contributed by atoms with E-state index in [9.17, 15) is 5.26 Å². The Morgan fingerprint density at radius 2 is 1.46 bits per heavy atom. The van der Waals surface area contributed by atoms with Gasteiger partial charge in [-0.3, -0.25) is 9.88 Å². The maximum Gasteiger partial charge on any atom is 0.142 e. The van der Waals surface area contributed by atoms with Crippen molar-refractivity contribution in [3.8, 4) is 34.4 Å². The number of nitriles is 1. The Kier molecular flexibility index (Phi) is 12.9. The van der Waals surface area contributed by atoms with E-state index in [0.717, 1.165) is 71.7 Å². The van der Waals surface area contributed by atoms with Gasteiger partial charge < -0.3 is 19.1 Å². The standard InChI is InChI=1S/C41H46Cl2N4O3/c1-30-35(12-9-14-38(30)48-20-10-19-46-15-4-2-5-16-46)36-13-8-11-33(41(36)43)29-50-40-23-39(49-28-32-21-31(24-44)25-45-26-32)34(22-37(40)42)27-47-17-6-3-7-18-47/h8-9,11-14,21-23,25-26H,2-7,10,15-20,27-29H2,1H3. The first-order chi connectivity index (χ1) is 24.5. The first kappa shape index (κ1) is 36.0. The summed E-state index contributed by atoms with van der Waals surface area (Å²) in [6.07, 6.45) is 11.9. The van der Waals surface area contributed by atoms with E-state index in [1.165, 1.54) is 51.6 Å². The van der Waals surface area contributed by atoms with Crippen molar-refractivity contribution < 1.29 is 14.2 Å². The highest BCUT2D eigenvalue weighted by molar-refractivity contribution is 6.34. The Morgan fingerprint density at radius 1 is 0.740 bits per heavy atom. The Labute approximate surface area is 306 Å². The van der Waals surface area contributed by atoms with Gasteiger partial charge in [0, 0.05) is 53.8 Å². The summed E-state index contributed by atoms with van der Waals surface area (Å²) in [5.41, 5.74) is 6.20. The average molecular weight is 714 g/mol. The summed E-state index contributed by atoms with van der Waals surface area (Å²) in [5, 5.41) is 10.5. The zero-order valence-corrected chi connectivity index (χ0v) is 30.4. The van der Waals surface area contributed by atoms with Crippen molar-refractivity contribution in [2.45, 2.75) is 71.6 Å². The monoisotopic (exact) mass is 712 g/mol. The first-order valence-corrected chi connectivity index (χ1v) is 18.6. The second-order valence-electron chi connectivity index (χ2n) is 13.3. The van der Waals surface area contributed by atoms with Crippen LogP contribution in [-0.4, -0.2) is 54.1 Å². The lowest BCUT2D eigenvalue weighted by Gasteiger charge is -2.27. The van der Waals surface area contributed by atoms with Crippen LogP contribution in [0, 0.1) is 18.3 Å². The molecule has 6 rings (SSSR count). The van der Waals surface area contributed by atoms with Crippen LogP contribution in [0.15, 0.2) is 67.0 Å². The number of nitrogens with zero attached hydrogens (tertiary/aromatic N) is 4. The van der Waals surface area contributed by atoms with Crippen LogP contribution in [-0.2, 0) is 19.8 Å². The number of rotatable bonds is 14. The molecule has 0 N–H and O–H groups in total. The number of likely N-dealkylation sites (tertiary alicyclic amines) is 2. The predicted octanol–water partition coefficient (Wildman–Crippen LogP) is 9.63. The molecule has 2 aliphatic heterocycles. The van der Waals surface area contributed by atoms with Crippen LogP contribution in [0.3, 0.4) is 0 Å². The minimum atomic E-state index is 0.233. The van der Waals surface area contributed by atoms with Crippen molar-refractivity contribution in [1.82, 2.24) is 14.8 Å². The second kappa shape index (κ2) is 17.9. The van der Waals surface area contributed by atoms with Crippen LogP contribution < -0.4 is 14.2 Å². The molecule has 2 saturated heterocycles. The van der Waals surface area contributed by atoms with Crippen molar-refractivity contribution >= 4 is 23.2 Å². The summed E-state index contributed by atoms with van der Waals surface area (Å²) < 4.78 is 19.0. The molecule has 0 bridgehead atoms. The van der Waals surface area contributed by atoms with E-state index in [2.05, 4.69) is 33.8 Å². The number of halogens is 2. The molecule has 0 aliphatic carbocycles. The van der Waals surface area contributed by atoms with Crippen LogP contribution in [0.4, 0.5) is 0 Å². The lowest BCUT2D eigenvalue weighted by atomic mass is 9.98. The normalized spacial score (nSPS) is 15.4. The Balaban J connectivity index is 1.16. The van der Waals surface area contributed by atoms with E-state index in [1.807, 2.05) is 42.5 Å². The third-order valence-electron chi connectivity index (χ3n) is 9.64. The van der Waals surface area contributed by atoms with E-state index in [-0.39, 0.29) is 13.2 Å². The predicted molar refractivity (Wildman–Crippen MR) is 200 cm³/mol. The van der Waals surface area contributed by atoms with Crippen molar-refractivity contribution in [3.05, 3.63) is 105 Å². The summed E-state index contributed by atoms with van der Waals surface area (Å²) in [5.74, 6) is 2.10. The topological polar surface area (TPSA) is 70.9 Å². The molecule has 0 atom stereocenters. The van der Waals surface area contributed by atoms with Gasteiger partial charge in [-0.2, -0.15) is 5.26 Å². The van der Waals surface area contributed by atoms with Crippen LogP contribution >= 0.6 is 23.2 Å². The van der Waals surface area contributed by atoms with Gasteiger partial charge in [0.15, 0.2) is 0 Å². The smallest absolute Gasteiger partial charge is 0.142 e. The van der Waals surface area contributed by atoms with Crippen molar-refractivity contribution in [1.29, 1.82) is 5.26 Å². The molecule has 4 aromatic rings. The van der Waals surface area contributed by atoms with Gasteiger partial charge in [-0.05, 0) is 94.5 Å². The lowest BCUT2D eigenvalue weighted by molar-refractivity contribution is 0.204. The van der Waals surface area contributed by atoms with Crippen molar-refractivity contribution in [3.63, 3.8) is 0 Å². The van der Waals surface area contributed by atoms with Crippen LogP contribution in [0.25, 0.3) is 11.1 Å². The number of piperidine rings is 2. The van der Waals surface area contributed by atoms with Crippen molar-refractivity contribution in [2.24, 2.45) is 0 Å². The van der Waals surface area contributed by atoms with Crippen molar-refractivity contribution in [2.75, 3.05) is 39.3 Å². The highest BCUT2D eigenvalue weighted by Crippen LogP contribution is 2.38. The molecule has 0 spiro atoms. The van der Waals surface area contributed by atoms with E-state index in [0.29, 0.717) is 33.7 Å². The van der Waals surface area contributed by atoms with E-state index in [1.54, 1.807) is 18.5 Å². The summed E-state index contributed by atoms with van der Waals surface area (Å²) >= 11 is 13.9. The fourth-order valence-corrected chi connectivity index (χ4v) is 7.39. The summed E-state index contributed by atoms with van der Waals surface area (Å²) in [6.45, 7) is 9.60. The number of benzene rings is 3. The summed E-state index contributed by atoms with van der Waals surface area (Å²) in [7, 11) is 0.